The van der Waals surface area contributed by atoms with E-state index >= 15 is 0 Å². The summed E-state index contributed by atoms with van der Waals surface area (Å²) < 4.78 is 0. The summed E-state index contributed by atoms with van der Waals surface area (Å²) in [6.45, 7) is 4.24. The van der Waals surface area contributed by atoms with Gasteiger partial charge in [-0.25, -0.2) is 0 Å². The van der Waals surface area contributed by atoms with Gasteiger partial charge in [0.25, 0.3) is 0 Å². The summed E-state index contributed by atoms with van der Waals surface area (Å²) in [5.74, 6) is 1.76. The van der Waals surface area contributed by atoms with Crippen molar-refractivity contribution in [1.29, 1.82) is 0 Å². The topological polar surface area (TPSA) is 46.3 Å². The molecule has 1 aliphatic carbocycles. The molecule has 1 unspecified atom stereocenters. The van der Waals surface area contributed by atoms with Crippen LogP contribution in [0.5, 0.6) is 0 Å². The lowest BCUT2D eigenvalue weighted by Crippen LogP contribution is -2.33. The summed E-state index contributed by atoms with van der Waals surface area (Å²) in [7, 11) is 0. The molecule has 1 heterocycles. The van der Waals surface area contributed by atoms with E-state index in [0.29, 0.717) is 17.9 Å². The van der Waals surface area contributed by atoms with Gasteiger partial charge in [-0.2, -0.15) is 0 Å². The Hall–Kier alpha value is -0.570. The molecular formula is C15H28N2O. The first-order valence-corrected chi connectivity index (χ1v) is 7.72. The Bertz CT molecular complexity index is 272. The number of hydrogen-bond acceptors (Lipinski definition) is 2. The molecule has 2 fully saturated rings. The molecule has 0 bridgehead atoms. The van der Waals surface area contributed by atoms with E-state index in [4.69, 9.17) is 5.73 Å². The smallest absolute Gasteiger partial charge is 0.222 e. The van der Waals surface area contributed by atoms with E-state index in [9.17, 15) is 4.79 Å². The predicted molar refractivity (Wildman–Crippen MR) is 74.1 cm³/mol. The third kappa shape index (κ3) is 3.71. The van der Waals surface area contributed by atoms with Crippen LogP contribution in [0.25, 0.3) is 0 Å². The molecular weight excluding hydrogens is 224 g/mol. The Morgan fingerprint density at radius 2 is 1.89 bits per heavy atom. The third-order valence-corrected chi connectivity index (χ3v) is 4.69. The minimum atomic E-state index is 0.386. The molecule has 2 N–H and O–H groups in total. The van der Waals surface area contributed by atoms with E-state index in [1.165, 1.54) is 19.3 Å². The highest BCUT2D eigenvalue weighted by Gasteiger charge is 2.28. The second kappa shape index (κ2) is 6.55. The van der Waals surface area contributed by atoms with Crippen LogP contribution in [0.4, 0.5) is 0 Å². The zero-order chi connectivity index (χ0) is 13.0. The molecule has 104 valence electrons. The largest absolute Gasteiger partial charge is 0.342 e. The number of hydrogen-bond donors (Lipinski definition) is 1. The fourth-order valence-corrected chi connectivity index (χ4v) is 3.47. The van der Waals surface area contributed by atoms with Crippen LogP contribution in [0.2, 0.25) is 0 Å². The first kappa shape index (κ1) is 13.9. The summed E-state index contributed by atoms with van der Waals surface area (Å²) >= 11 is 0. The number of nitrogens with zero attached hydrogens (tertiary/aromatic N) is 1. The molecule has 0 spiro atoms. The molecule has 2 aliphatic rings. The average molecular weight is 252 g/mol. The van der Waals surface area contributed by atoms with Crippen LogP contribution in [-0.4, -0.2) is 29.9 Å². The maximum Gasteiger partial charge on any atom is 0.222 e. The molecule has 1 amide bonds. The van der Waals surface area contributed by atoms with Crippen LogP contribution in [-0.2, 0) is 4.79 Å². The van der Waals surface area contributed by atoms with Crippen molar-refractivity contribution < 1.29 is 4.79 Å². The van der Waals surface area contributed by atoms with Gasteiger partial charge in [-0.05, 0) is 50.4 Å². The van der Waals surface area contributed by atoms with Crippen molar-refractivity contribution in [2.45, 2.75) is 64.3 Å². The molecule has 0 aromatic heterocycles. The van der Waals surface area contributed by atoms with Crippen LogP contribution < -0.4 is 5.73 Å². The number of amides is 1. The van der Waals surface area contributed by atoms with Gasteiger partial charge in [0.1, 0.15) is 0 Å². The monoisotopic (exact) mass is 252 g/mol. The number of nitrogens with two attached hydrogens (primary N) is 1. The molecule has 0 aromatic carbocycles. The standard InChI is InChI=1S/C15H28N2O/c1-2-3-13-8-9-17(11-13)15(18)10-12-4-6-14(16)7-5-12/h12-14H,2-11,16H2,1H3. The SMILES string of the molecule is CCCC1CCN(C(=O)CC2CCC(N)CC2)C1. The first-order valence-electron chi connectivity index (χ1n) is 7.72. The minimum absolute atomic E-state index is 0.386. The van der Waals surface area contributed by atoms with E-state index in [1.54, 1.807) is 0 Å². The summed E-state index contributed by atoms with van der Waals surface area (Å²) in [6, 6.07) is 0.386. The summed E-state index contributed by atoms with van der Waals surface area (Å²) in [4.78, 5) is 14.3. The molecule has 1 saturated carbocycles. The van der Waals surface area contributed by atoms with E-state index in [0.717, 1.165) is 51.1 Å². The van der Waals surface area contributed by atoms with Gasteiger partial charge in [0, 0.05) is 25.6 Å². The van der Waals surface area contributed by atoms with E-state index in [1.807, 2.05) is 0 Å². The second-order valence-electron chi connectivity index (χ2n) is 6.27. The van der Waals surface area contributed by atoms with Crippen molar-refractivity contribution in [3.63, 3.8) is 0 Å². The molecule has 3 nitrogen and oxygen atoms in total. The van der Waals surface area contributed by atoms with Crippen LogP contribution in [0, 0.1) is 11.8 Å². The van der Waals surface area contributed by atoms with Crippen molar-refractivity contribution in [2.75, 3.05) is 13.1 Å². The number of carbonyl (C=O) groups is 1. The summed E-state index contributed by atoms with van der Waals surface area (Å²) in [5, 5.41) is 0. The lowest BCUT2D eigenvalue weighted by molar-refractivity contribution is -0.131. The number of carbonyl (C=O) groups excluding carboxylic acids is 1. The van der Waals surface area contributed by atoms with Crippen molar-refractivity contribution in [2.24, 2.45) is 17.6 Å². The van der Waals surface area contributed by atoms with Gasteiger partial charge >= 0.3 is 0 Å². The summed E-state index contributed by atoms with van der Waals surface area (Å²) in [6.07, 6.45) is 9.03. The highest BCUT2D eigenvalue weighted by Crippen LogP contribution is 2.28. The lowest BCUT2D eigenvalue weighted by Gasteiger charge is -2.27. The van der Waals surface area contributed by atoms with Crippen molar-refractivity contribution in [3.8, 4) is 0 Å². The average Bonchev–Trinajstić information content (AvgIpc) is 2.81. The van der Waals surface area contributed by atoms with Crippen molar-refractivity contribution >= 4 is 5.91 Å². The number of likely N-dealkylation sites (tertiary alicyclic amines) is 1. The zero-order valence-electron chi connectivity index (χ0n) is 11.7. The second-order valence-corrected chi connectivity index (χ2v) is 6.27. The molecule has 1 aliphatic heterocycles. The Kier molecular flexibility index (Phi) is 5.04. The Morgan fingerprint density at radius 1 is 1.17 bits per heavy atom. The van der Waals surface area contributed by atoms with E-state index in [2.05, 4.69) is 11.8 Å². The van der Waals surface area contributed by atoms with Gasteiger partial charge in [-0.15, -0.1) is 0 Å². The van der Waals surface area contributed by atoms with Crippen LogP contribution in [0.3, 0.4) is 0 Å². The van der Waals surface area contributed by atoms with Gasteiger partial charge in [-0.1, -0.05) is 13.3 Å². The van der Waals surface area contributed by atoms with Gasteiger partial charge in [0.2, 0.25) is 5.91 Å². The maximum absolute atomic E-state index is 12.2. The Balaban J connectivity index is 1.72. The Labute approximate surface area is 111 Å². The molecule has 1 atom stereocenters. The number of rotatable bonds is 4. The van der Waals surface area contributed by atoms with Crippen molar-refractivity contribution in [1.82, 2.24) is 4.90 Å². The maximum atomic E-state index is 12.2. The van der Waals surface area contributed by atoms with Gasteiger partial charge < -0.3 is 10.6 Å². The van der Waals surface area contributed by atoms with E-state index in [-0.39, 0.29) is 0 Å². The predicted octanol–water partition coefficient (Wildman–Crippen LogP) is 2.54. The normalized spacial score (nSPS) is 32.8. The fourth-order valence-electron chi connectivity index (χ4n) is 3.47. The highest BCUT2D eigenvalue weighted by molar-refractivity contribution is 5.76. The molecule has 2 rings (SSSR count). The Morgan fingerprint density at radius 3 is 2.56 bits per heavy atom. The summed E-state index contributed by atoms with van der Waals surface area (Å²) in [5.41, 5.74) is 5.91. The quantitative estimate of drug-likeness (QED) is 0.835. The molecule has 18 heavy (non-hydrogen) atoms. The van der Waals surface area contributed by atoms with Crippen LogP contribution in [0.15, 0.2) is 0 Å². The van der Waals surface area contributed by atoms with Crippen molar-refractivity contribution in [3.05, 3.63) is 0 Å². The van der Waals surface area contributed by atoms with Crippen LogP contribution >= 0.6 is 0 Å². The zero-order valence-corrected chi connectivity index (χ0v) is 11.7. The third-order valence-electron chi connectivity index (χ3n) is 4.69. The molecule has 1 saturated heterocycles. The lowest BCUT2D eigenvalue weighted by atomic mass is 9.84. The molecule has 0 aromatic rings. The van der Waals surface area contributed by atoms with Gasteiger partial charge in [-0.3, -0.25) is 4.79 Å². The van der Waals surface area contributed by atoms with E-state index < -0.39 is 0 Å². The molecule has 0 radical (unpaired) electrons. The fraction of sp³-hybridized carbons (Fsp3) is 0.933. The molecule has 3 heteroatoms. The first-order chi connectivity index (χ1) is 8.69. The van der Waals surface area contributed by atoms with Crippen LogP contribution in [0.1, 0.15) is 58.3 Å². The van der Waals surface area contributed by atoms with Gasteiger partial charge in [0.15, 0.2) is 0 Å². The van der Waals surface area contributed by atoms with Gasteiger partial charge in [0.05, 0.1) is 0 Å². The highest BCUT2D eigenvalue weighted by atomic mass is 16.2. The minimum Gasteiger partial charge on any atom is -0.342 e.